The summed E-state index contributed by atoms with van der Waals surface area (Å²) in [4.78, 5) is 11.8. The zero-order chi connectivity index (χ0) is 11.8. The standard InChI is InChI=1S/C13H26O2/c1-6-7-8-9-15-13(11(4)5)12(14)10(2)3/h10-11,13H,6-9H2,1-5H3/t13-/m1/s1. The monoisotopic (exact) mass is 214 g/mol. The van der Waals surface area contributed by atoms with Gasteiger partial charge in [0.05, 0.1) is 0 Å². The average molecular weight is 214 g/mol. The zero-order valence-corrected chi connectivity index (χ0v) is 10.9. The van der Waals surface area contributed by atoms with Crippen LogP contribution in [0.25, 0.3) is 0 Å². The summed E-state index contributed by atoms with van der Waals surface area (Å²) in [6.45, 7) is 10.9. The summed E-state index contributed by atoms with van der Waals surface area (Å²) in [7, 11) is 0. The zero-order valence-electron chi connectivity index (χ0n) is 10.9. The number of ether oxygens (including phenoxy) is 1. The minimum absolute atomic E-state index is 0.0728. The molecule has 0 rings (SSSR count). The predicted octanol–water partition coefficient (Wildman–Crippen LogP) is 3.44. The molecule has 0 aromatic heterocycles. The maximum absolute atomic E-state index is 11.8. The molecule has 0 aliphatic carbocycles. The molecule has 90 valence electrons. The van der Waals surface area contributed by atoms with Crippen LogP contribution in [0.3, 0.4) is 0 Å². The molecule has 0 saturated carbocycles. The van der Waals surface area contributed by atoms with Gasteiger partial charge >= 0.3 is 0 Å². The molecule has 2 heteroatoms. The second-order valence-corrected chi connectivity index (χ2v) is 4.80. The van der Waals surface area contributed by atoms with Crippen molar-refractivity contribution in [3.05, 3.63) is 0 Å². The maximum atomic E-state index is 11.8. The van der Waals surface area contributed by atoms with Crippen LogP contribution >= 0.6 is 0 Å². The first-order valence-corrected chi connectivity index (χ1v) is 6.16. The van der Waals surface area contributed by atoms with Gasteiger partial charge in [-0.05, 0) is 12.3 Å². The van der Waals surface area contributed by atoms with Gasteiger partial charge in [-0.3, -0.25) is 4.79 Å². The number of hydrogen-bond donors (Lipinski definition) is 0. The van der Waals surface area contributed by atoms with Crippen molar-refractivity contribution in [3.63, 3.8) is 0 Å². The van der Waals surface area contributed by atoms with Crippen LogP contribution < -0.4 is 0 Å². The van der Waals surface area contributed by atoms with E-state index in [9.17, 15) is 4.79 Å². The lowest BCUT2D eigenvalue weighted by atomic mass is 9.95. The predicted molar refractivity (Wildman–Crippen MR) is 63.9 cm³/mol. The maximum Gasteiger partial charge on any atom is 0.164 e. The van der Waals surface area contributed by atoms with Gasteiger partial charge in [0.25, 0.3) is 0 Å². The van der Waals surface area contributed by atoms with Crippen molar-refractivity contribution in [1.29, 1.82) is 0 Å². The number of Topliss-reactive ketones (excluding diaryl/α,β-unsaturated/α-hetero) is 1. The smallest absolute Gasteiger partial charge is 0.164 e. The number of carbonyl (C=O) groups excluding carboxylic acids is 1. The minimum atomic E-state index is -0.207. The summed E-state index contributed by atoms with van der Waals surface area (Å²) in [6, 6.07) is 0. The molecule has 0 saturated heterocycles. The topological polar surface area (TPSA) is 26.3 Å². The molecule has 0 N–H and O–H groups in total. The van der Waals surface area contributed by atoms with Crippen LogP contribution in [0.4, 0.5) is 0 Å². The normalized spacial score (nSPS) is 13.5. The first-order valence-electron chi connectivity index (χ1n) is 6.16. The quantitative estimate of drug-likeness (QED) is 0.578. The highest BCUT2D eigenvalue weighted by atomic mass is 16.5. The molecule has 0 bridgehead atoms. The van der Waals surface area contributed by atoms with Crippen molar-refractivity contribution in [2.24, 2.45) is 11.8 Å². The van der Waals surface area contributed by atoms with E-state index in [0.29, 0.717) is 0 Å². The molecule has 0 aromatic carbocycles. The van der Waals surface area contributed by atoms with Crippen LogP contribution in [0.15, 0.2) is 0 Å². The van der Waals surface area contributed by atoms with E-state index in [1.165, 1.54) is 12.8 Å². The van der Waals surface area contributed by atoms with E-state index in [2.05, 4.69) is 6.92 Å². The van der Waals surface area contributed by atoms with Crippen LogP contribution in [-0.2, 0) is 9.53 Å². The molecule has 0 aromatic rings. The molecule has 0 amide bonds. The molecule has 0 aliphatic rings. The Balaban J connectivity index is 4.00. The second-order valence-electron chi connectivity index (χ2n) is 4.80. The molecule has 0 heterocycles. The highest BCUT2D eigenvalue weighted by molar-refractivity contribution is 5.85. The highest BCUT2D eigenvalue weighted by Gasteiger charge is 2.24. The van der Waals surface area contributed by atoms with E-state index in [1.54, 1.807) is 0 Å². The van der Waals surface area contributed by atoms with Gasteiger partial charge in [0.15, 0.2) is 5.78 Å². The van der Waals surface area contributed by atoms with Gasteiger partial charge in [0.1, 0.15) is 6.10 Å². The third-order valence-corrected chi connectivity index (χ3v) is 2.50. The van der Waals surface area contributed by atoms with Crippen LogP contribution in [0, 0.1) is 11.8 Å². The largest absolute Gasteiger partial charge is 0.370 e. The van der Waals surface area contributed by atoms with E-state index in [1.807, 2.05) is 27.7 Å². The van der Waals surface area contributed by atoms with E-state index >= 15 is 0 Å². The van der Waals surface area contributed by atoms with E-state index in [0.717, 1.165) is 13.0 Å². The van der Waals surface area contributed by atoms with Crippen molar-refractivity contribution >= 4 is 5.78 Å². The van der Waals surface area contributed by atoms with Gasteiger partial charge in [-0.1, -0.05) is 47.5 Å². The number of rotatable bonds is 8. The Morgan fingerprint density at radius 3 is 2.13 bits per heavy atom. The highest BCUT2D eigenvalue weighted by Crippen LogP contribution is 2.13. The van der Waals surface area contributed by atoms with Gasteiger partial charge in [0.2, 0.25) is 0 Å². The first-order chi connectivity index (χ1) is 7.00. The van der Waals surface area contributed by atoms with Crippen LogP contribution in [-0.4, -0.2) is 18.5 Å². The van der Waals surface area contributed by atoms with Gasteiger partial charge in [-0.15, -0.1) is 0 Å². The lowest BCUT2D eigenvalue weighted by Crippen LogP contribution is -2.33. The Kier molecular flexibility index (Phi) is 7.67. The van der Waals surface area contributed by atoms with Crippen LogP contribution in [0.2, 0.25) is 0 Å². The average Bonchev–Trinajstić information content (AvgIpc) is 2.16. The third-order valence-electron chi connectivity index (χ3n) is 2.50. The van der Waals surface area contributed by atoms with E-state index in [4.69, 9.17) is 4.74 Å². The van der Waals surface area contributed by atoms with Gasteiger partial charge in [0, 0.05) is 12.5 Å². The number of hydrogen-bond acceptors (Lipinski definition) is 2. The Morgan fingerprint density at radius 1 is 1.13 bits per heavy atom. The van der Waals surface area contributed by atoms with Crippen molar-refractivity contribution in [2.75, 3.05) is 6.61 Å². The van der Waals surface area contributed by atoms with Crippen molar-refractivity contribution in [2.45, 2.75) is 60.0 Å². The Bertz CT molecular complexity index is 173. The fourth-order valence-corrected chi connectivity index (χ4v) is 1.49. The van der Waals surface area contributed by atoms with Crippen molar-refractivity contribution < 1.29 is 9.53 Å². The van der Waals surface area contributed by atoms with Gasteiger partial charge < -0.3 is 4.74 Å². The van der Waals surface area contributed by atoms with Gasteiger partial charge in [-0.2, -0.15) is 0 Å². The third kappa shape index (κ3) is 5.93. The number of ketones is 1. The van der Waals surface area contributed by atoms with Crippen molar-refractivity contribution in [1.82, 2.24) is 0 Å². The Morgan fingerprint density at radius 2 is 1.73 bits per heavy atom. The molecule has 0 spiro atoms. The SMILES string of the molecule is CCCCCO[C@@H](C(=O)C(C)C)C(C)C. The molecule has 0 aliphatic heterocycles. The summed E-state index contributed by atoms with van der Waals surface area (Å²) in [5, 5.41) is 0. The fourth-order valence-electron chi connectivity index (χ4n) is 1.49. The first kappa shape index (κ1) is 14.6. The van der Waals surface area contributed by atoms with Crippen molar-refractivity contribution in [3.8, 4) is 0 Å². The molecule has 1 atom stereocenters. The molecule has 0 radical (unpaired) electrons. The molecular weight excluding hydrogens is 188 g/mol. The summed E-state index contributed by atoms with van der Waals surface area (Å²) >= 11 is 0. The second kappa shape index (κ2) is 7.86. The molecule has 0 fully saturated rings. The van der Waals surface area contributed by atoms with Gasteiger partial charge in [-0.25, -0.2) is 0 Å². The summed E-state index contributed by atoms with van der Waals surface area (Å²) in [5.74, 6) is 0.589. The Labute approximate surface area is 94.4 Å². The summed E-state index contributed by atoms with van der Waals surface area (Å²) in [5.41, 5.74) is 0. The molecule has 15 heavy (non-hydrogen) atoms. The van der Waals surface area contributed by atoms with E-state index in [-0.39, 0.29) is 23.7 Å². The molecule has 0 unspecified atom stereocenters. The van der Waals surface area contributed by atoms with E-state index < -0.39 is 0 Å². The fraction of sp³-hybridized carbons (Fsp3) is 0.923. The molecular formula is C13H26O2. The number of carbonyl (C=O) groups is 1. The lowest BCUT2D eigenvalue weighted by Gasteiger charge is -2.22. The number of unbranched alkanes of at least 4 members (excludes halogenated alkanes) is 2. The van der Waals surface area contributed by atoms with Crippen LogP contribution in [0.1, 0.15) is 53.9 Å². The molecule has 2 nitrogen and oxygen atoms in total. The lowest BCUT2D eigenvalue weighted by molar-refractivity contribution is -0.136. The summed E-state index contributed by atoms with van der Waals surface area (Å²) in [6.07, 6.45) is 3.22. The summed E-state index contributed by atoms with van der Waals surface area (Å²) < 4.78 is 5.68. The van der Waals surface area contributed by atoms with Crippen LogP contribution in [0.5, 0.6) is 0 Å². The minimum Gasteiger partial charge on any atom is -0.370 e. The Hall–Kier alpha value is -0.370.